The lowest BCUT2D eigenvalue weighted by Gasteiger charge is -2.18. The minimum Gasteiger partial charge on any atom is -0.482 e. The lowest BCUT2D eigenvalue weighted by Crippen LogP contribution is -2.25. The Kier molecular flexibility index (Phi) is 4.13. The zero-order valence-corrected chi connectivity index (χ0v) is 12.8. The van der Waals surface area contributed by atoms with Crippen molar-refractivity contribution >= 4 is 52.2 Å². The highest BCUT2D eigenvalue weighted by atomic mass is 35.5. The van der Waals surface area contributed by atoms with E-state index in [-0.39, 0.29) is 18.4 Å². The van der Waals surface area contributed by atoms with Gasteiger partial charge < -0.3 is 15.4 Å². The molecule has 1 aliphatic heterocycles. The molecule has 0 bridgehead atoms. The van der Waals surface area contributed by atoms with Crippen LogP contribution in [0.2, 0.25) is 4.34 Å². The lowest BCUT2D eigenvalue weighted by molar-refractivity contribution is -0.118. The van der Waals surface area contributed by atoms with Crippen LogP contribution in [0.15, 0.2) is 36.4 Å². The molecule has 0 unspecified atom stereocenters. The van der Waals surface area contributed by atoms with E-state index in [2.05, 4.69) is 10.6 Å². The monoisotopic (exact) mass is 334 g/mol. The largest absolute Gasteiger partial charge is 0.482 e. The first-order valence-electron chi connectivity index (χ1n) is 6.41. The minimum atomic E-state index is -0.271. The number of thiophene rings is 1. The van der Waals surface area contributed by atoms with Gasteiger partial charge in [-0.1, -0.05) is 11.6 Å². The highest BCUT2D eigenvalue weighted by Gasteiger charge is 2.16. The zero-order valence-electron chi connectivity index (χ0n) is 11.3. The number of fused-ring (bicyclic) bond motifs is 1. The molecule has 22 heavy (non-hydrogen) atoms. The van der Waals surface area contributed by atoms with Crippen molar-refractivity contribution in [2.24, 2.45) is 0 Å². The zero-order chi connectivity index (χ0) is 15.5. The maximum absolute atomic E-state index is 11.9. The molecule has 112 valence electrons. The highest BCUT2D eigenvalue weighted by Crippen LogP contribution is 2.30. The molecule has 0 radical (unpaired) electrons. The molecular weight excluding hydrogens is 324 g/mol. The van der Waals surface area contributed by atoms with Crippen LogP contribution in [0.3, 0.4) is 0 Å². The van der Waals surface area contributed by atoms with Crippen molar-refractivity contribution in [3.05, 3.63) is 45.6 Å². The van der Waals surface area contributed by atoms with Crippen LogP contribution in [-0.4, -0.2) is 18.4 Å². The molecule has 2 N–H and O–H groups in total. The van der Waals surface area contributed by atoms with Crippen LogP contribution in [-0.2, 0) is 9.59 Å². The molecule has 5 nitrogen and oxygen atoms in total. The van der Waals surface area contributed by atoms with Gasteiger partial charge in [0.25, 0.3) is 5.91 Å². The number of amides is 2. The van der Waals surface area contributed by atoms with Crippen LogP contribution in [0, 0.1) is 0 Å². The van der Waals surface area contributed by atoms with Crippen LogP contribution < -0.4 is 15.4 Å². The van der Waals surface area contributed by atoms with Gasteiger partial charge in [-0.3, -0.25) is 9.59 Å². The maximum atomic E-state index is 11.9. The summed E-state index contributed by atoms with van der Waals surface area (Å²) in [5.74, 6) is 0.0966. The topological polar surface area (TPSA) is 67.4 Å². The van der Waals surface area contributed by atoms with Gasteiger partial charge in [-0.05, 0) is 36.4 Å². The molecule has 2 aromatic rings. The molecule has 2 amide bonds. The van der Waals surface area contributed by atoms with Crippen LogP contribution in [0.1, 0.15) is 4.88 Å². The van der Waals surface area contributed by atoms with Gasteiger partial charge in [-0.25, -0.2) is 0 Å². The van der Waals surface area contributed by atoms with E-state index >= 15 is 0 Å². The van der Waals surface area contributed by atoms with Gasteiger partial charge in [0, 0.05) is 16.6 Å². The van der Waals surface area contributed by atoms with E-state index in [0.29, 0.717) is 21.5 Å². The van der Waals surface area contributed by atoms with Crippen molar-refractivity contribution in [2.45, 2.75) is 0 Å². The Balaban J connectivity index is 1.68. The van der Waals surface area contributed by atoms with Crippen LogP contribution in [0.25, 0.3) is 6.08 Å². The third-order valence-electron chi connectivity index (χ3n) is 2.87. The molecule has 1 aromatic carbocycles. The number of benzene rings is 1. The molecule has 1 aromatic heterocycles. The van der Waals surface area contributed by atoms with E-state index in [1.165, 1.54) is 17.4 Å². The summed E-state index contributed by atoms with van der Waals surface area (Å²) in [5.41, 5.74) is 1.12. The van der Waals surface area contributed by atoms with E-state index < -0.39 is 0 Å². The van der Waals surface area contributed by atoms with Crippen molar-refractivity contribution in [2.75, 3.05) is 17.2 Å². The first-order chi connectivity index (χ1) is 10.6. The van der Waals surface area contributed by atoms with Crippen LogP contribution >= 0.6 is 22.9 Å². The third-order valence-corrected chi connectivity index (χ3v) is 4.07. The average molecular weight is 335 g/mol. The van der Waals surface area contributed by atoms with Crippen molar-refractivity contribution in [1.82, 2.24) is 0 Å². The molecule has 0 spiro atoms. The fourth-order valence-corrected chi connectivity index (χ4v) is 2.88. The fourth-order valence-electron chi connectivity index (χ4n) is 1.92. The van der Waals surface area contributed by atoms with Gasteiger partial charge in [-0.15, -0.1) is 11.3 Å². The second kappa shape index (κ2) is 6.21. The molecular formula is C15H11ClN2O3S. The van der Waals surface area contributed by atoms with Crippen LogP contribution in [0.5, 0.6) is 5.75 Å². The fraction of sp³-hybridized carbons (Fsp3) is 0.0667. The molecule has 3 rings (SSSR count). The minimum absolute atomic E-state index is 0.00478. The first-order valence-corrected chi connectivity index (χ1v) is 7.61. The predicted molar refractivity (Wildman–Crippen MR) is 87.6 cm³/mol. The Labute approximate surface area is 135 Å². The molecule has 0 saturated carbocycles. The summed E-state index contributed by atoms with van der Waals surface area (Å²) in [6.07, 6.45) is 3.12. The van der Waals surface area contributed by atoms with Crippen molar-refractivity contribution < 1.29 is 14.3 Å². The smallest absolute Gasteiger partial charge is 0.262 e. The number of hydrogen-bond acceptors (Lipinski definition) is 4. The van der Waals surface area contributed by atoms with E-state index in [1.54, 1.807) is 30.3 Å². The van der Waals surface area contributed by atoms with E-state index in [4.69, 9.17) is 16.3 Å². The summed E-state index contributed by atoms with van der Waals surface area (Å²) in [6, 6.07) is 8.68. The number of ether oxygens (including phenoxy) is 1. The summed E-state index contributed by atoms with van der Waals surface area (Å²) in [5, 5.41) is 5.41. The number of carbonyl (C=O) groups excluding carboxylic acids is 2. The standard InChI is InChI=1S/C15H11ClN2O3S/c16-13-5-2-10(22-13)3-6-14(19)17-9-1-4-12-11(7-9)18-15(20)8-21-12/h1-7H,8H2,(H,17,19)(H,18,20)/b6-3+. The Hall–Kier alpha value is -2.31. The molecule has 0 saturated heterocycles. The average Bonchev–Trinajstić information content (AvgIpc) is 2.90. The molecule has 1 aliphatic rings. The lowest BCUT2D eigenvalue weighted by atomic mass is 10.2. The number of rotatable bonds is 3. The molecule has 0 atom stereocenters. The van der Waals surface area contributed by atoms with Crippen molar-refractivity contribution in [3.63, 3.8) is 0 Å². The van der Waals surface area contributed by atoms with Gasteiger partial charge in [0.05, 0.1) is 10.0 Å². The normalized spacial score (nSPS) is 13.4. The molecule has 0 fully saturated rings. The number of carbonyl (C=O) groups is 2. The van der Waals surface area contributed by atoms with Gasteiger partial charge in [-0.2, -0.15) is 0 Å². The van der Waals surface area contributed by atoms with Gasteiger partial charge >= 0.3 is 0 Å². The summed E-state index contributed by atoms with van der Waals surface area (Å²) >= 11 is 7.21. The Morgan fingerprint density at radius 1 is 1.36 bits per heavy atom. The number of anilines is 2. The quantitative estimate of drug-likeness (QED) is 0.845. The first kappa shape index (κ1) is 14.6. The van der Waals surface area contributed by atoms with E-state index in [9.17, 15) is 9.59 Å². The van der Waals surface area contributed by atoms with Gasteiger partial charge in [0.1, 0.15) is 5.75 Å². The van der Waals surface area contributed by atoms with Crippen LogP contribution in [0.4, 0.5) is 11.4 Å². The van der Waals surface area contributed by atoms with Crippen molar-refractivity contribution in [1.29, 1.82) is 0 Å². The predicted octanol–water partition coefficient (Wildman–Crippen LogP) is 3.38. The number of hydrogen-bond donors (Lipinski definition) is 2. The Morgan fingerprint density at radius 2 is 2.23 bits per heavy atom. The van der Waals surface area contributed by atoms with Gasteiger partial charge in [0.2, 0.25) is 5.91 Å². The second-order valence-electron chi connectivity index (χ2n) is 4.51. The Bertz CT molecular complexity index is 770. The second-order valence-corrected chi connectivity index (χ2v) is 6.26. The highest BCUT2D eigenvalue weighted by molar-refractivity contribution is 7.17. The molecule has 0 aliphatic carbocycles. The van der Waals surface area contributed by atoms with E-state index in [1.807, 2.05) is 6.07 Å². The summed E-state index contributed by atoms with van der Waals surface area (Å²) in [7, 11) is 0. The summed E-state index contributed by atoms with van der Waals surface area (Å²) < 4.78 is 5.93. The van der Waals surface area contributed by atoms with E-state index in [0.717, 1.165) is 4.88 Å². The number of halogens is 1. The van der Waals surface area contributed by atoms with Gasteiger partial charge in [0.15, 0.2) is 6.61 Å². The molecule has 2 heterocycles. The van der Waals surface area contributed by atoms with Crippen molar-refractivity contribution in [3.8, 4) is 5.75 Å². The third kappa shape index (κ3) is 3.47. The summed E-state index contributed by atoms with van der Waals surface area (Å²) in [4.78, 5) is 24.1. The number of nitrogens with one attached hydrogen (secondary N) is 2. The SMILES string of the molecule is O=C(/C=C/c1ccc(Cl)s1)Nc1ccc2c(c1)NC(=O)CO2. The molecule has 7 heteroatoms. The summed E-state index contributed by atoms with van der Waals surface area (Å²) in [6.45, 7) is 0.00478. The maximum Gasteiger partial charge on any atom is 0.262 e. The Morgan fingerprint density at radius 3 is 3.00 bits per heavy atom.